The van der Waals surface area contributed by atoms with Gasteiger partial charge < -0.3 is 14.3 Å². The van der Waals surface area contributed by atoms with Gasteiger partial charge >= 0.3 is 5.97 Å². The Morgan fingerprint density at radius 2 is 2.06 bits per heavy atom. The Morgan fingerprint density at radius 1 is 1.31 bits per heavy atom. The first-order valence-electron chi connectivity index (χ1n) is 12.3. The second-order valence-electron chi connectivity index (χ2n) is 11.0. The number of esters is 1. The van der Waals surface area contributed by atoms with Crippen molar-refractivity contribution in [1.29, 1.82) is 0 Å². The van der Waals surface area contributed by atoms with Gasteiger partial charge in [-0.15, -0.1) is 0 Å². The fraction of sp³-hybridized carbons (Fsp3) is 0.593. The number of alkyl halides is 2. The number of carbonyl (C=O) groups is 3. The lowest BCUT2D eigenvalue weighted by Crippen LogP contribution is -2.69. The Hall–Kier alpha value is -2.26. The lowest BCUT2D eigenvalue weighted by atomic mass is 9.45. The third-order valence-electron chi connectivity index (χ3n) is 9.65. The lowest BCUT2D eigenvalue weighted by molar-refractivity contribution is -0.216. The lowest BCUT2D eigenvalue weighted by Gasteiger charge is -2.62. The van der Waals surface area contributed by atoms with E-state index in [9.17, 15) is 23.9 Å². The fourth-order valence-corrected chi connectivity index (χ4v) is 8.76. The number of fused-ring (bicyclic) bond motifs is 5. The molecular formula is C27H30F2O6S. The van der Waals surface area contributed by atoms with E-state index in [1.54, 1.807) is 26.8 Å². The minimum Gasteiger partial charge on any atom is -0.457 e. The smallest absolute Gasteiger partial charge is 0.375 e. The van der Waals surface area contributed by atoms with Crippen LogP contribution in [-0.2, 0) is 14.3 Å². The van der Waals surface area contributed by atoms with Crippen LogP contribution in [0.15, 0.2) is 46.6 Å². The van der Waals surface area contributed by atoms with E-state index in [1.807, 2.05) is 0 Å². The molecule has 8 atom stereocenters. The fourth-order valence-electron chi connectivity index (χ4n) is 7.97. The van der Waals surface area contributed by atoms with Crippen molar-refractivity contribution in [1.82, 2.24) is 0 Å². The second kappa shape index (κ2) is 8.38. The Morgan fingerprint density at radius 3 is 2.72 bits per heavy atom. The zero-order valence-electron chi connectivity index (χ0n) is 20.5. The Kier molecular flexibility index (Phi) is 5.91. The van der Waals surface area contributed by atoms with Gasteiger partial charge in [0.1, 0.15) is 6.01 Å². The number of aliphatic hydroxyl groups excluding tert-OH is 1. The molecule has 0 radical (unpaired) electrons. The molecule has 1 aromatic rings. The van der Waals surface area contributed by atoms with E-state index in [-0.39, 0.29) is 18.0 Å². The van der Waals surface area contributed by atoms with E-state index in [4.69, 9.17) is 9.15 Å². The highest BCUT2D eigenvalue weighted by Crippen LogP contribution is 2.71. The van der Waals surface area contributed by atoms with Crippen LogP contribution >= 0.6 is 11.8 Å². The molecule has 0 saturated heterocycles. The molecule has 0 amide bonds. The molecule has 0 spiro atoms. The molecule has 6 nitrogen and oxygen atoms in total. The summed E-state index contributed by atoms with van der Waals surface area (Å²) in [6.45, 7) is 5.23. The summed E-state index contributed by atoms with van der Waals surface area (Å²) in [5.41, 5.74) is -5.55. The summed E-state index contributed by atoms with van der Waals surface area (Å²) >= 11 is 0.425. The molecule has 4 aliphatic rings. The molecule has 1 N–H and O–H groups in total. The SMILES string of the molecule is CC1C[C@H]2[C@@H]3CCC4=CC(=O)C=C[C@]4(C)C3(F)C(O)C[C@]2(C)C1(OC(=O)c1ccco1)C(=O)SCF. The van der Waals surface area contributed by atoms with Gasteiger partial charge in [-0.3, -0.25) is 9.59 Å². The van der Waals surface area contributed by atoms with Gasteiger partial charge in [0.15, 0.2) is 17.1 Å². The van der Waals surface area contributed by atoms with Crippen LogP contribution in [0, 0.1) is 28.6 Å². The van der Waals surface area contributed by atoms with Gasteiger partial charge in [0.2, 0.25) is 10.9 Å². The summed E-state index contributed by atoms with van der Waals surface area (Å²) in [6, 6.07) is 1.93. The normalized spacial score (nSPS) is 43.3. The number of hydrogen-bond donors (Lipinski definition) is 1. The number of ketones is 1. The number of carbonyl (C=O) groups excluding carboxylic acids is 3. The van der Waals surface area contributed by atoms with Gasteiger partial charge in [-0.1, -0.05) is 25.5 Å². The zero-order valence-corrected chi connectivity index (χ0v) is 21.3. The standard InChI is InChI=1S/C27H30F2O6S/c1-15-11-19-18-7-6-16-12-17(30)8-9-24(16,2)26(18,29)21(31)13-25(19,3)27(15,23(33)36-14-28)35-22(32)20-5-4-10-34-20/h4-5,8-10,12,15,18-19,21,31H,6-7,11,13-14H2,1-3H3/t15?,18-,19-,21?,24-,25-,26?,27?/m0/s1. The van der Waals surface area contributed by atoms with Crippen molar-refractivity contribution in [2.45, 2.75) is 63.8 Å². The number of allylic oxidation sites excluding steroid dienone is 4. The van der Waals surface area contributed by atoms with Gasteiger partial charge in [-0.05, 0) is 74.6 Å². The van der Waals surface area contributed by atoms with Gasteiger partial charge in [0, 0.05) is 22.7 Å². The Bertz CT molecular complexity index is 1160. The molecule has 194 valence electrons. The highest BCUT2D eigenvalue weighted by molar-refractivity contribution is 8.13. The summed E-state index contributed by atoms with van der Waals surface area (Å²) in [4.78, 5) is 38.7. The predicted octanol–water partition coefficient (Wildman–Crippen LogP) is 4.98. The van der Waals surface area contributed by atoms with E-state index in [2.05, 4.69) is 0 Å². The molecule has 4 aliphatic carbocycles. The Balaban J connectivity index is 1.61. The highest BCUT2D eigenvalue weighted by atomic mass is 32.2. The molecule has 0 bridgehead atoms. The summed E-state index contributed by atoms with van der Waals surface area (Å²) in [7, 11) is 0. The first-order valence-corrected chi connectivity index (χ1v) is 13.3. The van der Waals surface area contributed by atoms with Gasteiger partial charge in [-0.25, -0.2) is 13.6 Å². The molecule has 0 aromatic carbocycles. The average molecular weight is 521 g/mol. The van der Waals surface area contributed by atoms with E-state index < -0.39 is 63.0 Å². The summed E-state index contributed by atoms with van der Waals surface area (Å²) in [5.74, 6) is -2.81. The molecule has 3 fully saturated rings. The number of aliphatic hydroxyl groups is 1. The quantitative estimate of drug-likeness (QED) is 0.560. The number of rotatable bonds is 4. The van der Waals surface area contributed by atoms with Crippen LogP contribution < -0.4 is 0 Å². The van der Waals surface area contributed by atoms with Crippen molar-refractivity contribution in [3.05, 3.63) is 48.0 Å². The molecule has 9 heteroatoms. The maximum absolute atomic E-state index is 17.4. The van der Waals surface area contributed by atoms with Crippen LogP contribution in [0.3, 0.4) is 0 Å². The van der Waals surface area contributed by atoms with Crippen molar-refractivity contribution in [2.75, 3.05) is 6.01 Å². The van der Waals surface area contributed by atoms with E-state index in [0.29, 0.717) is 36.6 Å². The van der Waals surface area contributed by atoms with Crippen LogP contribution in [0.2, 0.25) is 0 Å². The molecule has 5 rings (SSSR count). The first kappa shape index (κ1) is 25.4. The van der Waals surface area contributed by atoms with E-state index in [0.717, 1.165) is 0 Å². The molecule has 3 saturated carbocycles. The largest absolute Gasteiger partial charge is 0.457 e. The molecule has 36 heavy (non-hydrogen) atoms. The van der Waals surface area contributed by atoms with Crippen molar-refractivity contribution in [2.24, 2.45) is 28.6 Å². The third kappa shape index (κ3) is 3.08. The topological polar surface area (TPSA) is 93.8 Å². The molecule has 1 aromatic heterocycles. The molecular weight excluding hydrogens is 490 g/mol. The first-order chi connectivity index (χ1) is 17.0. The number of halogens is 2. The highest BCUT2D eigenvalue weighted by Gasteiger charge is 2.77. The Labute approximate surface area is 212 Å². The van der Waals surface area contributed by atoms with Crippen molar-refractivity contribution >= 4 is 28.6 Å². The summed E-state index contributed by atoms with van der Waals surface area (Å²) < 4.78 is 42.0. The molecule has 0 aliphatic heterocycles. The number of thioether (sulfide) groups is 1. The average Bonchev–Trinajstić information content (AvgIpc) is 3.43. The van der Waals surface area contributed by atoms with Crippen LogP contribution in [0.5, 0.6) is 0 Å². The third-order valence-corrected chi connectivity index (χ3v) is 10.3. The number of furan rings is 1. The van der Waals surface area contributed by atoms with E-state index in [1.165, 1.54) is 30.5 Å². The van der Waals surface area contributed by atoms with Crippen LogP contribution in [0.4, 0.5) is 8.78 Å². The second-order valence-corrected chi connectivity index (χ2v) is 11.9. The minimum atomic E-state index is -2.09. The van der Waals surface area contributed by atoms with Crippen LogP contribution in [-0.4, -0.2) is 45.4 Å². The number of hydrogen-bond acceptors (Lipinski definition) is 7. The monoisotopic (exact) mass is 520 g/mol. The maximum atomic E-state index is 17.4. The van der Waals surface area contributed by atoms with Crippen LogP contribution in [0.1, 0.15) is 57.0 Å². The zero-order chi connectivity index (χ0) is 26.1. The van der Waals surface area contributed by atoms with Crippen molar-refractivity contribution in [3.63, 3.8) is 0 Å². The van der Waals surface area contributed by atoms with Gasteiger partial charge in [-0.2, -0.15) is 0 Å². The maximum Gasteiger partial charge on any atom is 0.375 e. The predicted molar refractivity (Wildman–Crippen MR) is 128 cm³/mol. The molecule has 1 heterocycles. The van der Waals surface area contributed by atoms with Crippen molar-refractivity contribution < 1.29 is 37.4 Å². The molecule has 4 unspecified atom stereocenters. The summed E-state index contributed by atoms with van der Waals surface area (Å²) in [5, 5.41) is 10.9. The van der Waals surface area contributed by atoms with Gasteiger partial charge in [0.25, 0.3) is 0 Å². The number of ether oxygens (including phenoxy) is 1. The van der Waals surface area contributed by atoms with E-state index >= 15 is 4.39 Å². The van der Waals surface area contributed by atoms with Gasteiger partial charge in [0.05, 0.1) is 12.4 Å². The minimum absolute atomic E-state index is 0.0974. The van der Waals surface area contributed by atoms with Crippen molar-refractivity contribution in [3.8, 4) is 0 Å². The van der Waals surface area contributed by atoms with Crippen LogP contribution in [0.25, 0.3) is 0 Å². The summed E-state index contributed by atoms with van der Waals surface area (Å²) in [6.07, 6.45) is 5.22.